The van der Waals surface area contributed by atoms with Crippen LogP contribution in [-0.2, 0) is 15.1 Å². The minimum absolute atomic E-state index is 0.0185. The summed E-state index contributed by atoms with van der Waals surface area (Å²) in [5.41, 5.74) is 2.50. The van der Waals surface area contributed by atoms with Crippen molar-refractivity contribution in [1.29, 1.82) is 0 Å². The first kappa shape index (κ1) is 18.9. The van der Waals surface area contributed by atoms with Crippen LogP contribution in [-0.4, -0.2) is 11.8 Å². The lowest BCUT2D eigenvalue weighted by Crippen LogP contribution is -2.67. The van der Waals surface area contributed by atoms with Gasteiger partial charge >= 0.3 is 0 Å². The number of carbonyl (C=O) groups excluding carboxylic acids is 2. The Bertz CT molecular complexity index is 1090. The molecule has 1 heterocycles. The third-order valence-electron chi connectivity index (χ3n) is 5.49. The molecule has 0 aromatic heterocycles. The third kappa shape index (κ3) is 3.09. The molecule has 1 unspecified atom stereocenters. The number of nitrogens with one attached hydrogen (secondary N) is 1. The van der Waals surface area contributed by atoms with Gasteiger partial charge in [-0.1, -0.05) is 48.5 Å². The first-order valence-electron chi connectivity index (χ1n) is 9.45. The van der Waals surface area contributed by atoms with E-state index in [2.05, 4.69) is 5.32 Å². The maximum Gasteiger partial charge on any atom is 0.255 e. The lowest BCUT2D eigenvalue weighted by Gasteiger charge is -2.51. The molecule has 1 N–H and O–H groups in total. The molecule has 1 aliphatic rings. The van der Waals surface area contributed by atoms with Crippen LogP contribution in [0.1, 0.15) is 23.1 Å². The lowest BCUT2D eigenvalue weighted by molar-refractivity contribution is -0.137. The van der Waals surface area contributed by atoms with E-state index >= 15 is 0 Å². The van der Waals surface area contributed by atoms with Crippen LogP contribution in [0.15, 0.2) is 72.8 Å². The summed E-state index contributed by atoms with van der Waals surface area (Å²) in [6, 6.07) is 20.7. The van der Waals surface area contributed by atoms with E-state index in [1.165, 1.54) is 17.0 Å². The number of hydrogen-bond donors (Lipinski definition) is 1. The average Bonchev–Trinajstić information content (AvgIpc) is 2.70. The molecule has 0 bridgehead atoms. The van der Waals surface area contributed by atoms with Crippen molar-refractivity contribution < 1.29 is 14.0 Å². The van der Waals surface area contributed by atoms with Crippen molar-refractivity contribution in [2.45, 2.75) is 25.8 Å². The summed E-state index contributed by atoms with van der Waals surface area (Å²) in [4.78, 5) is 27.9. The molecule has 2 amide bonds. The number of hydrogen-bond acceptors (Lipinski definition) is 2. The Morgan fingerprint density at radius 2 is 1.55 bits per heavy atom. The smallest absolute Gasteiger partial charge is 0.255 e. The molecule has 1 saturated heterocycles. The van der Waals surface area contributed by atoms with E-state index in [1.807, 2.05) is 62.4 Å². The monoisotopic (exact) mass is 388 g/mol. The van der Waals surface area contributed by atoms with Crippen LogP contribution in [0.2, 0.25) is 0 Å². The molecule has 1 aliphatic heterocycles. The Kier molecular flexibility index (Phi) is 4.66. The molecule has 0 spiro atoms. The van der Waals surface area contributed by atoms with E-state index < -0.39 is 11.4 Å². The van der Waals surface area contributed by atoms with Gasteiger partial charge in [0.15, 0.2) is 5.54 Å². The normalized spacial score (nSPS) is 18.3. The quantitative estimate of drug-likeness (QED) is 0.658. The zero-order chi connectivity index (χ0) is 20.6. The van der Waals surface area contributed by atoms with Crippen molar-refractivity contribution in [3.63, 3.8) is 0 Å². The van der Waals surface area contributed by atoms with Crippen LogP contribution in [0.4, 0.5) is 15.8 Å². The van der Waals surface area contributed by atoms with Gasteiger partial charge in [0.1, 0.15) is 5.82 Å². The maximum absolute atomic E-state index is 13.6. The van der Waals surface area contributed by atoms with Crippen molar-refractivity contribution in [1.82, 2.24) is 0 Å². The summed E-state index contributed by atoms with van der Waals surface area (Å²) in [5, 5.41) is 2.98. The molecule has 4 rings (SSSR count). The van der Waals surface area contributed by atoms with Gasteiger partial charge in [-0.05, 0) is 54.8 Å². The van der Waals surface area contributed by atoms with Crippen molar-refractivity contribution in [3.05, 3.63) is 95.3 Å². The summed E-state index contributed by atoms with van der Waals surface area (Å²) in [5.74, 6) is -0.860. The summed E-state index contributed by atoms with van der Waals surface area (Å²) in [6.07, 6.45) is 0.0185. The molecule has 3 aromatic carbocycles. The zero-order valence-electron chi connectivity index (χ0n) is 16.3. The van der Waals surface area contributed by atoms with Gasteiger partial charge in [0.2, 0.25) is 5.91 Å². The number of nitrogens with zero attached hydrogens (tertiary/aromatic N) is 1. The minimum atomic E-state index is -1.24. The molecule has 29 heavy (non-hydrogen) atoms. The number of halogens is 1. The summed E-state index contributed by atoms with van der Waals surface area (Å²) < 4.78 is 13.6. The van der Waals surface area contributed by atoms with Gasteiger partial charge in [0, 0.05) is 11.4 Å². The highest BCUT2D eigenvalue weighted by molar-refractivity contribution is 6.17. The molecule has 4 nitrogen and oxygen atoms in total. The second kappa shape index (κ2) is 7.17. The molecule has 3 aromatic rings. The standard InChI is InChI=1S/C24H21FN2O2/c1-16-7-3-5-9-20(16)26-23(29)24(18-11-13-19(25)14-12-18)15-22(28)27(24)21-10-6-4-8-17(21)2/h3-14H,15H2,1-2H3,(H,26,29). The predicted molar refractivity (Wildman–Crippen MR) is 111 cm³/mol. The van der Waals surface area contributed by atoms with Gasteiger partial charge in [-0.25, -0.2) is 4.39 Å². The highest BCUT2D eigenvalue weighted by Gasteiger charge is 2.58. The third-order valence-corrected chi connectivity index (χ3v) is 5.49. The summed E-state index contributed by atoms with van der Waals surface area (Å²) in [7, 11) is 0. The summed E-state index contributed by atoms with van der Waals surface area (Å²) >= 11 is 0. The molecular formula is C24H21FN2O2. The van der Waals surface area contributed by atoms with Crippen molar-refractivity contribution in [2.24, 2.45) is 0 Å². The maximum atomic E-state index is 13.6. The zero-order valence-corrected chi connectivity index (χ0v) is 16.3. The van der Waals surface area contributed by atoms with E-state index in [0.29, 0.717) is 16.9 Å². The molecule has 0 aliphatic carbocycles. The fourth-order valence-corrected chi connectivity index (χ4v) is 3.86. The highest BCUT2D eigenvalue weighted by Crippen LogP contribution is 2.46. The van der Waals surface area contributed by atoms with E-state index in [4.69, 9.17) is 0 Å². The Balaban J connectivity index is 1.83. The number of anilines is 2. The minimum Gasteiger partial charge on any atom is -0.323 e. The van der Waals surface area contributed by atoms with Crippen molar-refractivity contribution >= 4 is 23.2 Å². The Hall–Kier alpha value is -3.47. The van der Waals surface area contributed by atoms with Gasteiger partial charge in [0.05, 0.1) is 6.42 Å². The SMILES string of the molecule is Cc1ccccc1NC(=O)C1(c2ccc(F)cc2)CC(=O)N1c1ccccc1C. The number of rotatable bonds is 4. The highest BCUT2D eigenvalue weighted by atomic mass is 19.1. The van der Waals surface area contributed by atoms with E-state index in [0.717, 1.165) is 11.1 Å². The second-order valence-electron chi connectivity index (χ2n) is 7.33. The lowest BCUT2D eigenvalue weighted by atomic mass is 9.75. The molecule has 146 valence electrons. The van der Waals surface area contributed by atoms with Crippen LogP contribution in [0, 0.1) is 19.7 Å². The molecular weight excluding hydrogens is 367 g/mol. The van der Waals surface area contributed by atoms with Crippen molar-refractivity contribution in [3.8, 4) is 0 Å². The first-order valence-corrected chi connectivity index (χ1v) is 9.45. The summed E-state index contributed by atoms with van der Waals surface area (Å²) in [6.45, 7) is 3.81. The van der Waals surface area contributed by atoms with Crippen LogP contribution < -0.4 is 10.2 Å². The first-order chi connectivity index (χ1) is 13.9. The number of benzene rings is 3. The number of aryl methyl sites for hydroxylation is 2. The van der Waals surface area contributed by atoms with Gasteiger partial charge in [0.25, 0.3) is 5.91 Å². The van der Waals surface area contributed by atoms with Crippen LogP contribution >= 0.6 is 0 Å². The van der Waals surface area contributed by atoms with Crippen LogP contribution in [0.5, 0.6) is 0 Å². The van der Waals surface area contributed by atoms with Gasteiger partial charge in [-0.3, -0.25) is 14.5 Å². The predicted octanol–water partition coefficient (Wildman–Crippen LogP) is 4.71. The number of para-hydroxylation sites is 2. The number of β-lactam (4-membered cyclic amide) rings is 1. The van der Waals surface area contributed by atoms with Crippen LogP contribution in [0.3, 0.4) is 0 Å². The topological polar surface area (TPSA) is 49.4 Å². The molecule has 0 radical (unpaired) electrons. The largest absolute Gasteiger partial charge is 0.323 e. The fraction of sp³-hybridized carbons (Fsp3) is 0.167. The van der Waals surface area contributed by atoms with Crippen LogP contribution in [0.25, 0.3) is 0 Å². The van der Waals surface area contributed by atoms with E-state index in [-0.39, 0.29) is 18.2 Å². The Morgan fingerprint density at radius 1 is 0.931 bits per heavy atom. The van der Waals surface area contributed by atoms with E-state index in [9.17, 15) is 14.0 Å². The Morgan fingerprint density at radius 3 is 2.17 bits per heavy atom. The fourth-order valence-electron chi connectivity index (χ4n) is 3.86. The van der Waals surface area contributed by atoms with Crippen molar-refractivity contribution in [2.75, 3.05) is 10.2 Å². The molecule has 0 saturated carbocycles. The second-order valence-corrected chi connectivity index (χ2v) is 7.33. The van der Waals surface area contributed by atoms with Gasteiger partial charge in [-0.15, -0.1) is 0 Å². The Labute approximate surface area is 169 Å². The molecule has 1 atom stereocenters. The molecule has 5 heteroatoms. The number of amides is 2. The van der Waals surface area contributed by atoms with E-state index in [1.54, 1.807) is 12.1 Å². The molecule has 1 fully saturated rings. The average molecular weight is 388 g/mol. The van der Waals surface area contributed by atoms with Gasteiger partial charge < -0.3 is 5.32 Å². The van der Waals surface area contributed by atoms with Gasteiger partial charge in [-0.2, -0.15) is 0 Å². The number of carbonyl (C=O) groups is 2.